The first kappa shape index (κ1) is 63.9. The topological polar surface area (TPSA) is 312 Å². The molecule has 0 aromatic carbocycles. The third-order valence-electron chi connectivity index (χ3n) is 4.98. The van der Waals surface area contributed by atoms with Crippen LogP contribution in [0.4, 0.5) is 0 Å². The fraction of sp³-hybridized carbons (Fsp3) is 0.538. The molecule has 0 radical (unpaired) electrons. The van der Waals surface area contributed by atoms with Crippen LogP contribution in [0.15, 0.2) is 69.8 Å². The van der Waals surface area contributed by atoms with Crippen molar-refractivity contribution in [1.82, 2.24) is 13.7 Å². The van der Waals surface area contributed by atoms with Gasteiger partial charge in [0.25, 0.3) is 11.9 Å². The molecule has 59 heavy (non-hydrogen) atoms. The standard InChI is InChI=1S/C8H10N2O4.2C8H9N2O4.3C5H12.2Zn/c3*9-5(8(13)14)3-10-2-1-6(11)7(12)4-10;3*1-5(2,3)4;;/h1-2,4-5,12H,3,9H2,(H,13,14);2*1-2,4-5,9,12H,3H2,(H,13,14);3*1-4H3;;/q;2*-1;;;;;/t3*5-;;;;;/m000...../s1. The maximum atomic E-state index is 10.8. The normalized spacial score (nSPS) is 11.8. The van der Waals surface area contributed by atoms with Gasteiger partial charge >= 0.3 is 5.97 Å². The molecule has 0 aliphatic rings. The molecule has 3 aromatic heterocycles. The average molecular weight is 940 g/mol. The van der Waals surface area contributed by atoms with Crippen molar-refractivity contribution in [2.75, 3.05) is 0 Å². The number of carboxylic acid groups (broad SMARTS) is 3. The Morgan fingerprint density at radius 2 is 0.729 bits per heavy atom. The largest absolute Gasteiger partial charge is 0.664 e. The quantitative estimate of drug-likeness (QED) is 0.135. The van der Waals surface area contributed by atoms with Crippen LogP contribution in [0.1, 0.15) is 83.1 Å². The number of nitrogens with zero attached hydrogens (tertiary/aromatic N) is 3. The summed E-state index contributed by atoms with van der Waals surface area (Å²) in [5.74, 6) is -4.96. The van der Waals surface area contributed by atoms with Gasteiger partial charge in [0.2, 0.25) is 16.3 Å². The van der Waals surface area contributed by atoms with Crippen molar-refractivity contribution < 1.29 is 84.0 Å². The molecule has 18 nitrogen and oxygen atoms in total. The molecular formula is C39H64N6O12Zn2-2. The number of carboxylic acids is 3. The van der Waals surface area contributed by atoms with Crippen molar-refractivity contribution in [3.63, 3.8) is 0 Å². The van der Waals surface area contributed by atoms with E-state index in [0.717, 1.165) is 36.8 Å². The zero-order valence-corrected chi connectivity index (χ0v) is 42.4. The third kappa shape index (κ3) is 41.7. The minimum atomic E-state index is -1.31. The van der Waals surface area contributed by atoms with E-state index >= 15 is 0 Å². The van der Waals surface area contributed by atoms with Crippen molar-refractivity contribution in [1.29, 1.82) is 0 Å². The van der Waals surface area contributed by atoms with E-state index < -0.39 is 69.6 Å². The van der Waals surface area contributed by atoms with Crippen LogP contribution in [0.3, 0.4) is 0 Å². The van der Waals surface area contributed by atoms with Crippen molar-refractivity contribution in [3.05, 3.63) is 97.5 Å². The number of aromatic hydroxyl groups is 3. The minimum absolute atomic E-state index is 0. The minimum Gasteiger partial charge on any atom is -0.664 e. The maximum absolute atomic E-state index is 10.8. The van der Waals surface area contributed by atoms with E-state index in [0.29, 0.717) is 16.2 Å². The second-order valence-corrected chi connectivity index (χ2v) is 17.4. The van der Waals surface area contributed by atoms with Gasteiger partial charge in [0.05, 0.1) is 0 Å². The Hall–Kier alpha value is -4.21. The molecule has 3 aromatic rings. The van der Waals surface area contributed by atoms with Crippen LogP contribution in [0.5, 0.6) is 17.2 Å². The van der Waals surface area contributed by atoms with Gasteiger partial charge < -0.3 is 61.5 Å². The van der Waals surface area contributed by atoms with Crippen LogP contribution in [-0.4, -0.2) is 80.4 Å². The van der Waals surface area contributed by atoms with E-state index in [2.05, 4.69) is 83.1 Å². The second kappa shape index (κ2) is 29.9. The summed E-state index contributed by atoms with van der Waals surface area (Å²) in [5, 5.41) is 52.4. The first-order valence-corrected chi connectivity index (χ1v) is 17.5. The molecule has 10 N–H and O–H groups in total. The number of aromatic nitrogens is 3. The third-order valence-corrected chi connectivity index (χ3v) is 4.98. The Bertz CT molecular complexity index is 1630. The summed E-state index contributed by atoms with van der Waals surface area (Å²) in [5.41, 5.74) is 19.4. The summed E-state index contributed by atoms with van der Waals surface area (Å²) in [7, 11) is 0. The number of carbonyl (C=O) groups is 3. The second-order valence-electron chi connectivity index (χ2n) is 17.4. The van der Waals surface area contributed by atoms with Gasteiger partial charge in [0.1, 0.15) is 6.04 Å². The molecule has 0 amide bonds. The van der Waals surface area contributed by atoms with E-state index in [1.54, 1.807) is 0 Å². The number of nitrogens with one attached hydrogen (secondary N) is 2. The summed E-state index contributed by atoms with van der Waals surface area (Å²) in [6, 6.07) is -0.303. The van der Waals surface area contributed by atoms with E-state index in [4.69, 9.17) is 47.8 Å². The van der Waals surface area contributed by atoms with E-state index in [1.807, 2.05) is 0 Å². The van der Waals surface area contributed by atoms with Crippen LogP contribution in [0, 0.1) is 16.2 Å². The molecule has 3 heterocycles. The van der Waals surface area contributed by atoms with Gasteiger partial charge in [-0.25, -0.2) is 0 Å². The SMILES string of the molecule is CC(C)(C)C.CC(C)(C)C.CC(C)(C)C.N[C@@H](Cn1ccc(=O)c(O)c1)C(=O)O.[NH-][C@@H](Cn1ccc(=O)c(O)c1)C(=O)O.[NH-][C@@H](Cn1ccc(=O)c(O)c1)C(=O)O.[Zn].[Zn]. The van der Waals surface area contributed by atoms with Gasteiger partial charge in [0, 0.05) is 114 Å². The van der Waals surface area contributed by atoms with Gasteiger partial charge in [-0.05, 0) is 28.3 Å². The molecule has 0 aliphatic heterocycles. The number of nitrogens with two attached hydrogens (primary N) is 1. The zero-order chi connectivity index (χ0) is 45.6. The predicted octanol–water partition coefficient (Wildman–Crippen LogP) is 5.24. The Kier molecular flexibility index (Phi) is 32.4. The molecule has 3 atom stereocenters. The van der Waals surface area contributed by atoms with Gasteiger partial charge in [-0.2, -0.15) is 0 Å². The Balaban J connectivity index is -0.000000208. The maximum Gasteiger partial charge on any atom is 0.322 e. The van der Waals surface area contributed by atoms with Crippen molar-refractivity contribution in [3.8, 4) is 17.2 Å². The molecule has 0 fully saturated rings. The number of aliphatic carboxylic acids is 3. The molecule has 20 heteroatoms. The van der Waals surface area contributed by atoms with Crippen LogP contribution in [-0.2, 0) is 73.0 Å². The van der Waals surface area contributed by atoms with Crippen molar-refractivity contribution in [2.45, 2.75) is 121 Å². The zero-order valence-electron chi connectivity index (χ0n) is 36.5. The number of hydrogen-bond acceptors (Lipinski definition) is 10. The summed E-state index contributed by atoms with van der Waals surface area (Å²) in [4.78, 5) is 63.4. The average Bonchev–Trinajstić information content (AvgIpc) is 3.00. The van der Waals surface area contributed by atoms with Gasteiger partial charge in [0.15, 0.2) is 17.2 Å². The van der Waals surface area contributed by atoms with E-state index in [-0.39, 0.29) is 58.6 Å². The Morgan fingerprint density at radius 1 is 0.525 bits per heavy atom. The molecule has 0 aliphatic carbocycles. The number of rotatable bonds is 9. The molecule has 328 valence electrons. The fourth-order valence-corrected chi connectivity index (χ4v) is 2.76. The van der Waals surface area contributed by atoms with E-state index in [9.17, 15) is 28.8 Å². The Morgan fingerprint density at radius 3 is 0.898 bits per heavy atom. The summed E-state index contributed by atoms with van der Waals surface area (Å²) >= 11 is 0. The molecule has 0 spiro atoms. The molecular weight excluding hydrogens is 875 g/mol. The fourth-order valence-electron chi connectivity index (χ4n) is 2.76. The number of pyridine rings is 3. The van der Waals surface area contributed by atoms with Gasteiger partial charge in [-0.1, -0.05) is 83.1 Å². The molecule has 0 saturated carbocycles. The first-order chi connectivity index (χ1) is 25.5. The molecule has 0 bridgehead atoms. The first-order valence-electron chi connectivity index (χ1n) is 17.5. The van der Waals surface area contributed by atoms with Crippen LogP contribution < -0.4 is 22.0 Å². The predicted molar refractivity (Wildman–Crippen MR) is 220 cm³/mol. The summed E-state index contributed by atoms with van der Waals surface area (Å²) in [6.45, 7) is 26.0. The summed E-state index contributed by atoms with van der Waals surface area (Å²) in [6.07, 6.45) is 7.37. The van der Waals surface area contributed by atoms with Crippen LogP contribution in [0.25, 0.3) is 11.5 Å². The van der Waals surface area contributed by atoms with Gasteiger partial charge in [-0.15, -0.1) is 0 Å². The smallest absolute Gasteiger partial charge is 0.322 e. The van der Waals surface area contributed by atoms with Gasteiger partial charge in [-0.3, -0.25) is 28.8 Å². The van der Waals surface area contributed by atoms with Crippen molar-refractivity contribution in [2.24, 2.45) is 22.0 Å². The molecule has 0 unspecified atom stereocenters. The number of hydrogen-bond donors (Lipinski definition) is 7. The molecule has 0 saturated heterocycles. The van der Waals surface area contributed by atoms with E-state index in [1.165, 1.54) is 32.3 Å². The molecule has 3 rings (SSSR count). The van der Waals surface area contributed by atoms with Crippen molar-refractivity contribution >= 4 is 17.9 Å². The Labute approximate surface area is 371 Å². The van der Waals surface area contributed by atoms with Crippen LogP contribution in [0.2, 0.25) is 0 Å². The van der Waals surface area contributed by atoms with Crippen LogP contribution >= 0.6 is 0 Å². The summed E-state index contributed by atoms with van der Waals surface area (Å²) < 4.78 is 3.90. The monoisotopic (exact) mass is 936 g/mol.